The van der Waals surface area contributed by atoms with Crippen LogP contribution in [0.25, 0.3) is 0 Å². The highest BCUT2D eigenvalue weighted by molar-refractivity contribution is 7.89. The molecule has 1 fully saturated rings. The zero-order chi connectivity index (χ0) is 19.8. The Bertz CT molecular complexity index is 1000. The number of nitrogens with one attached hydrogen (secondary N) is 1. The summed E-state index contributed by atoms with van der Waals surface area (Å²) in [5.41, 5.74) is 1.35. The monoisotopic (exact) mass is 390 g/mol. The molecule has 142 valence electrons. The number of halogens is 1. The third-order valence-electron chi connectivity index (χ3n) is 4.53. The van der Waals surface area contributed by atoms with Crippen LogP contribution in [-0.4, -0.2) is 32.7 Å². The molecule has 1 heterocycles. The van der Waals surface area contributed by atoms with E-state index in [4.69, 9.17) is 0 Å². The quantitative estimate of drug-likeness (QED) is 0.795. The highest BCUT2D eigenvalue weighted by atomic mass is 32.2. The highest BCUT2D eigenvalue weighted by Gasteiger charge is 2.35. The Balaban J connectivity index is 1.76. The van der Waals surface area contributed by atoms with E-state index < -0.39 is 16.1 Å². The average Bonchev–Trinajstić information content (AvgIpc) is 2.97. The fourth-order valence-corrected chi connectivity index (χ4v) is 4.19. The number of benzene rings is 2. The number of carbonyl (C=O) groups excluding carboxylic acids is 2. The number of amides is 1. The molecule has 1 atom stereocenters. The standard InChI is InChI=1S/C19H19FN2O4S/c1-12-11-15(5-8-17(12)20)22-10-9-18(19(22)24)21-27(25,26)16-6-3-14(4-7-16)13(2)23/h3-8,11,18,21H,9-10H2,1-2H3/t18-/m0/s1. The molecule has 0 unspecified atom stereocenters. The first kappa shape index (κ1) is 19.2. The molecule has 1 N–H and O–H groups in total. The Morgan fingerprint density at radius 2 is 1.85 bits per heavy atom. The molecule has 2 aromatic rings. The number of rotatable bonds is 5. The summed E-state index contributed by atoms with van der Waals surface area (Å²) in [5, 5.41) is 0. The highest BCUT2D eigenvalue weighted by Crippen LogP contribution is 2.24. The number of sulfonamides is 1. The van der Waals surface area contributed by atoms with Gasteiger partial charge in [-0.15, -0.1) is 0 Å². The number of aryl methyl sites for hydroxylation is 1. The molecule has 0 aliphatic carbocycles. The first-order chi connectivity index (χ1) is 12.7. The summed E-state index contributed by atoms with van der Waals surface area (Å²) in [7, 11) is -3.91. The SMILES string of the molecule is CC(=O)c1ccc(S(=O)(=O)N[C@H]2CCN(c3ccc(F)c(C)c3)C2=O)cc1. The van der Waals surface area contributed by atoms with Gasteiger partial charge in [-0.05, 0) is 56.2 Å². The molecule has 1 saturated heterocycles. The lowest BCUT2D eigenvalue weighted by Crippen LogP contribution is -2.41. The van der Waals surface area contributed by atoms with Gasteiger partial charge in [0.15, 0.2) is 5.78 Å². The molecule has 0 bridgehead atoms. The number of Topliss-reactive ketones (excluding diaryl/α,β-unsaturated/α-hetero) is 1. The van der Waals surface area contributed by atoms with E-state index in [1.165, 1.54) is 48.2 Å². The van der Waals surface area contributed by atoms with Crippen molar-refractivity contribution in [3.63, 3.8) is 0 Å². The Morgan fingerprint density at radius 1 is 1.19 bits per heavy atom. The summed E-state index contributed by atoms with van der Waals surface area (Å²) in [6.07, 6.45) is 0.306. The van der Waals surface area contributed by atoms with Gasteiger partial charge in [0.2, 0.25) is 15.9 Å². The maximum absolute atomic E-state index is 13.4. The van der Waals surface area contributed by atoms with Crippen LogP contribution in [-0.2, 0) is 14.8 Å². The minimum absolute atomic E-state index is 0.0172. The van der Waals surface area contributed by atoms with Crippen molar-refractivity contribution in [3.8, 4) is 0 Å². The lowest BCUT2D eigenvalue weighted by molar-refractivity contribution is -0.118. The van der Waals surface area contributed by atoms with Crippen LogP contribution in [0.3, 0.4) is 0 Å². The second kappa shape index (κ2) is 7.21. The van der Waals surface area contributed by atoms with Crippen LogP contribution in [0.4, 0.5) is 10.1 Å². The van der Waals surface area contributed by atoms with E-state index in [0.29, 0.717) is 29.8 Å². The normalized spacial score (nSPS) is 17.4. The van der Waals surface area contributed by atoms with E-state index in [-0.39, 0.29) is 22.4 Å². The van der Waals surface area contributed by atoms with E-state index in [1.54, 1.807) is 13.0 Å². The second-order valence-corrected chi connectivity index (χ2v) is 8.18. The van der Waals surface area contributed by atoms with Gasteiger partial charge in [-0.3, -0.25) is 9.59 Å². The first-order valence-electron chi connectivity index (χ1n) is 8.40. The lowest BCUT2D eigenvalue weighted by atomic mass is 10.2. The fourth-order valence-electron chi connectivity index (χ4n) is 2.97. The van der Waals surface area contributed by atoms with E-state index >= 15 is 0 Å². The van der Waals surface area contributed by atoms with Crippen LogP contribution in [0.15, 0.2) is 47.4 Å². The Morgan fingerprint density at radius 3 is 2.44 bits per heavy atom. The van der Waals surface area contributed by atoms with Crippen LogP contribution in [0.2, 0.25) is 0 Å². The van der Waals surface area contributed by atoms with Gasteiger partial charge in [0.1, 0.15) is 11.9 Å². The van der Waals surface area contributed by atoms with Crippen molar-refractivity contribution >= 4 is 27.4 Å². The summed E-state index contributed by atoms with van der Waals surface area (Å²) in [6, 6.07) is 8.97. The topological polar surface area (TPSA) is 83.6 Å². The van der Waals surface area contributed by atoms with Crippen molar-refractivity contribution in [2.24, 2.45) is 0 Å². The Hall–Kier alpha value is -2.58. The smallest absolute Gasteiger partial charge is 0.245 e. The number of carbonyl (C=O) groups is 2. The third-order valence-corrected chi connectivity index (χ3v) is 6.01. The minimum atomic E-state index is -3.91. The zero-order valence-corrected chi connectivity index (χ0v) is 15.7. The predicted molar refractivity (Wildman–Crippen MR) is 98.7 cm³/mol. The van der Waals surface area contributed by atoms with E-state index in [0.717, 1.165) is 0 Å². The molecule has 1 amide bonds. The van der Waals surface area contributed by atoms with E-state index in [9.17, 15) is 22.4 Å². The first-order valence-corrected chi connectivity index (χ1v) is 9.88. The Labute approximate surface area is 157 Å². The van der Waals surface area contributed by atoms with Crippen molar-refractivity contribution < 1.29 is 22.4 Å². The molecule has 1 aliphatic heterocycles. The van der Waals surface area contributed by atoms with Crippen LogP contribution < -0.4 is 9.62 Å². The summed E-state index contributed by atoms with van der Waals surface area (Å²) in [4.78, 5) is 25.3. The molecule has 27 heavy (non-hydrogen) atoms. The minimum Gasteiger partial charge on any atom is -0.311 e. The molecule has 1 aliphatic rings. The fraction of sp³-hybridized carbons (Fsp3) is 0.263. The average molecular weight is 390 g/mol. The lowest BCUT2D eigenvalue weighted by Gasteiger charge is -2.18. The molecule has 0 radical (unpaired) electrons. The van der Waals surface area contributed by atoms with Crippen LogP contribution in [0.1, 0.15) is 29.3 Å². The maximum Gasteiger partial charge on any atom is 0.245 e. The van der Waals surface area contributed by atoms with Crippen molar-refractivity contribution in [2.45, 2.75) is 31.2 Å². The van der Waals surface area contributed by atoms with Crippen LogP contribution in [0.5, 0.6) is 0 Å². The Kier molecular flexibility index (Phi) is 5.12. The van der Waals surface area contributed by atoms with Crippen LogP contribution in [0, 0.1) is 12.7 Å². The van der Waals surface area contributed by atoms with Gasteiger partial charge in [0, 0.05) is 17.8 Å². The predicted octanol–water partition coefficient (Wildman–Crippen LogP) is 2.42. The van der Waals surface area contributed by atoms with Gasteiger partial charge in [0.05, 0.1) is 4.90 Å². The zero-order valence-electron chi connectivity index (χ0n) is 14.9. The van der Waals surface area contributed by atoms with Crippen LogP contribution >= 0.6 is 0 Å². The van der Waals surface area contributed by atoms with E-state index in [2.05, 4.69) is 4.72 Å². The molecule has 2 aromatic carbocycles. The molecule has 6 nitrogen and oxygen atoms in total. The molecule has 8 heteroatoms. The van der Waals surface area contributed by atoms with Gasteiger partial charge < -0.3 is 4.90 Å². The van der Waals surface area contributed by atoms with E-state index in [1.807, 2.05) is 0 Å². The number of hydrogen-bond donors (Lipinski definition) is 1. The molecule has 0 spiro atoms. The molecular weight excluding hydrogens is 371 g/mol. The molecule has 3 rings (SSSR count). The maximum atomic E-state index is 13.4. The summed E-state index contributed by atoms with van der Waals surface area (Å²) < 4.78 is 40.9. The largest absolute Gasteiger partial charge is 0.311 e. The number of anilines is 1. The number of hydrogen-bond acceptors (Lipinski definition) is 4. The van der Waals surface area contributed by atoms with Crippen molar-refractivity contribution in [3.05, 3.63) is 59.4 Å². The van der Waals surface area contributed by atoms with Crippen molar-refractivity contribution in [2.75, 3.05) is 11.4 Å². The third kappa shape index (κ3) is 3.91. The number of nitrogens with zero attached hydrogens (tertiary/aromatic N) is 1. The summed E-state index contributed by atoms with van der Waals surface area (Å²) >= 11 is 0. The summed E-state index contributed by atoms with van der Waals surface area (Å²) in [6.45, 7) is 3.33. The van der Waals surface area contributed by atoms with Crippen molar-refractivity contribution in [1.29, 1.82) is 0 Å². The van der Waals surface area contributed by atoms with Gasteiger partial charge in [-0.25, -0.2) is 12.8 Å². The summed E-state index contributed by atoms with van der Waals surface area (Å²) in [5.74, 6) is -0.912. The molecular formula is C19H19FN2O4S. The molecule has 0 saturated carbocycles. The van der Waals surface area contributed by atoms with Gasteiger partial charge in [-0.2, -0.15) is 4.72 Å². The number of ketones is 1. The second-order valence-electron chi connectivity index (χ2n) is 6.47. The molecule has 0 aromatic heterocycles. The van der Waals surface area contributed by atoms with Gasteiger partial charge in [-0.1, -0.05) is 12.1 Å². The van der Waals surface area contributed by atoms with Gasteiger partial charge >= 0.3 is 0 Å². The van der Waals surface area contributed by atoms with Crippen molar-refractivity contribution in [1.82, 2.24) is 4.72 Å². The van der Waals surface area contributed by atoms with Gasteiger partial charge in [0.25, 0.3) is 0 Å².